The van der Waals surface area contributed by atoms with Crippen LogP contribution in [-0.2, 0) is 13.0 Å². The van der Waals surface area contributed by atoms with Crippen molar-refractivity contribution in [2.75, 3.05) is 19.4 Å². The Morgan fingerprint density at radius 3 is 2.79 bits per heavy atom. The summed E-state index contributed by atoms with van der Waals surface area (Å²) in [6.45, 7) is 1.19. The molecule has 0 radical (unpaired) electrons. The van der Waals surface area contributed by atoms with Crippen LogP contribution in [0.5, 0.6) is 23.0 Å². The van der Waals surface area contributed by atoms with Gasteiger partial charge in [0.05, 0.1) is 23.3 Å². The lowest BCUT2D eigenvalue weighted by Crippen LogP contribution is -2.38. The van der Waals surface area contributed by atoms with Crippen LogP contribution in [0.3, 0.4) is 0 Å². The van der Waals surface area contributed by atoms with Crippen molar-refractivity contribution in [3.8, 4) is 23.0 Å². The summed E-state index contributed by atoms with van der Waals surface area (Å²) in [6, 6.07) is 10.6. The molecule has 1 aromatic heterocycles. The number of hydrogen-bond donors (Lipinski definition) is 0. The normalized spacial score (nSPS) is 14.4. The van der Waals surface area contributed by atoms with Gasteiger partial charge in [-0.15, -0.1) is 0 Å². The number of rotatable bonds is 3. The number of fused-ring (bicyclic) bond motifs is 4. The zero-order valence-corrected chi connectivity index (χ0v) is 16.8. The second kappa shape index (κ2) is 5.88. The Balaban J connectivity index is 1.79. The van der Waals surface area contributed by atoms with Crippen molar-refractivity contribution in [2.45, 2.75) is 13.0 Å². The Kier molecular flexibility index (Phi) is 3.41. The van der Waals surface area contributed by atoms with Crippen LogP contribution in [0.15, 0.2) is 36.5 Å². The van der Waals surface area contributed by atoms with Crippen LogP contribution in [0.1, 0.15) is 5.56 Å². The molecule has 140 valence electrons. The Morgan fingerprint density at radius 2 is 1.93 bits per heavy atom. The summed E-state index contributed by atoms with van der Waals surface area (Å²) >= 11 is 3.38. The van der Waals surface area contributed by atoms with Gasteiger partial charge in [0.2, 0.25) is 12.3 Å². The molecule has 2 aliphatic heterocycles. The fourth-order valence-corrected chi connectivity index (χ4v) is 4.83. The third-order valence-corrected chi connectivity index (χ3v) is 5.98. The molecule has 0 N–H and O–H groups in total. The number of halogens is 1. The van der Waals surface area contributed by atoms with E-state index in [1.54, 1.807) is 7.11 Å². The SMILES string of the molecule is COc1ccc2c(c[n+]3c4c2ccc2c5c(cc(c24)CC3)OCO5)c1OCBr. The van der Waals surface area contributed by atoms with Gasteiger partial charge in [-0.25, -0.2) is 0 Å². The molecule has 2 aliphatic rings. The molecule has 0 atom stereocenters. The second-order valence-electron chi connectivity index (χ2n) is 7.04. The van der Waals surface area contributed by atoms with Crippen molar-refractivity contribution in [3.05, 3.63) is 42.1 Å². The van der Waals surface area contributed by atoms with Crippen molar-refractivity contribution in [3.63, 3.8) is 0 Å². The predicted molar refractivity (Wildman–Crippen MR) is 110 cm³/mol. The third-order valence-electron chi connectivity index (χ3n) is 5.75. The molecule has 0 spiro atoms. The lowest BCUT2D eigenvalue weighted by Gasteiger charge is -2.18. The van der Waals surface area contributed by atoms with Gasteiger partial charge in [-0.1, -0.05) is 0 Å². The zero-order valence-electron chi connectivity index (χ0n) is 15.3. The predicted octanol–water partition coefficient (Wildman–Crippen LogP) is 4.46. The van der Waals surface area contributed by atoms with Crippen LogP contribution in [0.25, 0.3) is 32.4 Å². The van der Waals surface area contributed by atoms with Gasteiger partial charge in [0.15, 0.2) is 35.7 Å². The van der Waals surface area contributed by atoms with Gasteiger partial charge in [0, 0.05) is 17.2 Å². The van der Waals surface area contributed by atoms with Gasteiger partial charge in [-0.05, 0) is 51.8 Å². The van der Waals surface area contributed by atoms with Crippen molar-refractivity contribution < 1.29 is 23.5 Å². The zero-order chi connectivity index (χ0) is 18.8. The molecule has 0 unspecified atom stereocenters. The number of nitrogens with zero attached hydrogens (tertiary/aromatic N) is 1. The Morgan fingerprint density at radius 1 is 1.07 bits per heavy atom. The van der Waals surface area contributed by atoms with Gasteiger partial charge in [0.25, 0.3) is 0 Å². The number of hydrogen-bond acceptors (Lipinski definition) is 4. The van der Waals surface area contributed by atoms with Crippen LogP contribution < -0.4 is 23.5 Å². The van der Waals surface area contributed by atoms with E-state index in [9.17, 15) is 0 Å². The maximum atomic E-state index is 5.89. The minimum Gasteiger partial charge on any atom is -0.493 e. The minimum absolute atomic E-state index is 0.288. The first-order chi connectivity index (χ1) is 13.8. The third kappa shape index (κ3) is 2.04. The van der Waals surface area contributed by atoms with Crippen LogP contribution in [0.4, 0.5) is 0 Å². The number of alkyl halides is 1. The van der Waals surface area contributed by atoms with Gasteiger partial charge in [-0.2, -0.15) is 4.57 Å². The highest BCUT2D eigenvalue weighted by Crippen LogP contribution is 2.46. The summed E-state index contributed by atoms with van der Waals surface area (Å²) in [5.41, 5.74) is 2.96. The summed E-state index contributed by atoms with van der Waals surface area (Å²) in [7, 11) is 1.67. The highest BCUT2D eigenvalue weighted by atomic mass is 79.9. The number of methoxy groups -OCH3 is 1. The van der Waals surface area contributed by atoms with Crippen molar-refractivity contribution in [1.82, 2.24) is 0 Å². The summed E-state index contributed by atoms with van der Waals surface area (Å²) < 4.78 is 25.2. The van der Waals surface area contributed by atoms with Crippen molar-refractivity contribution in [1.29, 1.82) is 0 Å². The van der Waals surface area contributed by atoms with E-state index in [-0.39, 0.29) is 6.79 Å². The average Bonchev–Trinajstić information content (AvgIpc) is 3.20. The molecule has 6 rings (SSSR count). The summed E-state index contributed by atoms with van der Waals surface area (Å²) in [5.74, 6) is 3.21. The number of ether oxygens (including phenoxy) is 4. The Bertz CT molecular complexity index is 1300. The van der Waals surface area contributed by atoms with E-state index in [0.29, 0.717) is 5.52 Å². The van der Waals surface area contributed by atoms with Crippen molar-refractivity contribution >= 4 is 48.4 Å². The summed E-state index contributed by atoms with van der Waals surface area (Å²) in [5, 5.41) is 5.78. The number of aryl methyl sites for hydroxylation is 2. The van der Waals surface area contributed by atoms with Gasteiger partial charge < -0.3 is 18.9 Å². The second-order valence-corrected chi connectivity index (χ2v) is 7.50. The molecule has 28 heavy (non-hydrogen) atoms. The lowest BCUT2D eigenvalue weighted by atomic mass is 9.93. The molecule has 0 fully saturated rings. The quantitative estimate of drug-likeness (QED) is 0.269. The van der Waals surface area contributed by atoms with Gasteiger partial charge >= 0.3 is 0 Å². The van der Waals surface area contributed by atoms with E-state index in [2.05, 4.69) is 51.0 Å². The van der Waals surface area contributed by atoms with Crippen LogP contribution >= 0.6 is 15.9 Å². The largest absolute Gasteiger partial charge is 0.493 e. The maximum Gasteiger partial charge on any atom is 0.231 e. The number of pyridine rings is 1. The standard InChI is InChI=1S/C22H17BrNO4/c1-25-17-5-4-13-14-2-3-15-19-12(8-18-21(15)28-11-27-18)6-7-24(20(14)19)9-16(13)22(17)26-10-23/h2-5,8-9H,6-7,10-11H2,1H3/q+1. The Labute approximate surface area is 169 Å². The van der Waals surface area contributed by atoms with Gasteiger partial charge in [-0.3, -0.25) is 0 Å². The van der Waals surface area contributed by atoms with Crippen LogP contribution in [-0.4, -0.2) is 19.4 Å². The van der Waals surface area contributed by atoms with Gasteiger partial charge in [0.1, 0.15) is 5.52 Å². The maximum absolute atomic E-state index is 5.89. The molecular formula is C22H17BrNO4+. The van der Waals surface area contributed by atoms with E-state index in [4.69, 9.17) is 18.9 Å². The fraction of sp³-hybridized carbons (Fsp3) is 0.227. The molecule has 5 nitrogen and oxygen atoms in total. The van der Waals surface area contributed by atoms with Crippen molar-refractivity contribution in [2.24, 2.45) is 0 Å². The molecule has 3 aromatic carbocycles. The van der Waals surface area contributed by atoms with E-state index < -0.39 is 0 Å². The molecular weight excluding hydrogens is 422 g/mol. The topological polar surface area (TPSA) is 40.8 Å². The fourth-order valence-electron chi connectivity index (χ4n) is 4.60. The Hall–Kier alpha value is -2.73. The highest BCUT2D eigenvalue weighted by molar-refractivity contribution is 9.09. The van der Waals surface area contributed by atoms with Crippen LogP contribution in [0, 0.1) is 0 Å². The lowest BCUT2D eigenvalue weighted by molar-refractivity contribution is -0.670. The highest BCUT2D eigenvalue weighted by Gasteiger charge is 2.29. The average molecular weight is 439 g/mol. The monoisotopic (exact) mass is 438 g/mol. The first-order valence-corrected chi connectivity index (χ1v) is 10.3. The molecule has 0 amide bonds. The molecule has 3 heterocycles. The van der Waals surface area contributed by atoms with E-state index in [0.717, 1.165) is 52.1 Å². The summed E-state index contributed by atoms with van der Waals surface area (Å²) in [6.07, 6.45) is 3.14. The summed E-state index contributed by atoms with van der Waals surface area (Å²) in [4.78, 5) is 0. The number of aromatic nitrogens is 1. The first-order valence-electron chi connectivity index (χ1n) is 9.20. The number of benzene rings is 3. The molecule has 4 aromatic rings. The van der Waals surface area contributed by atoms with E-state index in [1.807, 2.05) is 6.07 Å². The molecule has 6 heteroatoms. The van der Waals surface area contributed by atoms with E-state index in [1.165, 1.54) is 21.9 Å². The first kappa shape index (κ1) is 16.2. The molecule has 0 saturated heterocycles. The molecule has 0 saturated carbocycles. The van der Waals surface area contributed by atoms with Crippen LogP contribution in [0.2, 0.25) is 0 Å². The smallest absolute Gasteiger partial charge is 0.231 e. The minimum atomic E-state index is 0.288. The molecule has 0 aliphatic carbocycles. The van der Waals surface area contributed by atoms with E-state index >= 15 is 0 Å². The molecule has 0 bridgehead atoms.